The van der Waals surface area contributed by atoms with Gasteiger partial charge in [0.2, 0.25) is 10.0 Å². The lowest BCUT2D eigenvalue weighted by Crippen LogP contribution is -2.34. The van der Waals surface area contributed by atoms with Crippen LogP contribution in [0.3, 0.4) is 0 Å². The molecule has 0 saturated heterocycles. The molecule has 2 aromatic rings. The first-order chi connectivity index (χ1) is 14.4. The first-order valence-corrected chi connectivity index (χ1v) is 11.8. The van der Waals surface area contributed by atoms with Gasteiger partial charge in [-0.3, -0.25) is 4.79 Å². The first-order valence-electron chi connectivity index (χ1n) is 10.4. The molecular weight excluding hydrogens is 402 g/mol. The predicted molar refractivity (Wildman–Crippen MR) is 117 cm³/mol. The Kier molecular flexibility index (Phi) is 7.38. The van der Waals surface area contributed by atoms with E-state index in [0.29, 0.717) is 24.7 Å². The molecule has 0 bridgehead atoms. The van der Waals surface area contributed by atoms with Crippen LogP contribution < -0.4 is 14.9 Å². The van der Waals surface area contributed by atoms with E-state index in [4.69, 9.17) is 0 Å². The summed E-state index contributed by atoms with van der Waals surface area (Å²) in [6, 6.07) is 8.19. The van der Waals surface area contributed by atoms with Crippen LogP contribution in [0.2, 0.25) is 0 Å². The number of aromatic nitrogens is 2. The molecule has 1 heterocycles. The van der Waals surface area contributed by atoms with E-state index in [2.05, 4.69) is 24.9 Å². The normalized spacial score (nSPS) is 15.0. The van der Waals surface area contributed by atoms with Gasteiger partial charge in [0.05, 0.1) is 4.90 Å². The Morgan fingerprint density at radius 2 is 1.83 bits per heavy atom. The zero-order valence-electron chi connectivity index (χ0n) is 17.5. The van der Waals surface area contributed by atoms with Gasteiger partial charge in [-0.15, -0.1) is 0 Å². The van der Waals surface area contributed by atoms with Gasteiger partial charge in [0.1, 0.15) is 17.8 Å². The van der Waals surface area contributed by atoms with Crippen molar-refractivity contribution in [2.24, 2.45) is 0 Å². The van der Waals surface area contributed by atoms with Crippen LogP contribution in [0.25, 0.3) is 0 Å². The van der Waals surface area contributed by atoms with Gasteiger partial charge < -0.3 is 10.2 Å². The van der Waals surface area contributed by atoms with Crippen molar-refractivity contribution in [2.45, 2.75) is 56.4 Å². The number of hydrogen-bond donors (Lipinski definition) is 2. The summed E-state index contributed by atoms with van der Waals surface area (Å²) < 4.78 is 26.8. The highest BCUT2D eigenvalue weighted by atomic mass is 32.2. The second-order valence-electron chi connectivity index (χ2n) is 7.54. The number of benzene rings is 1. The Hall–Kier alpha value is -2.52. The highest BCUT2D eigenvalue weighted by molar-refractivity contribution is 7.89. The number of anilines is 2. The van der Waals surface area contributed by atoms with Gasteiger partial charge in [0.25, 0.3) is 5.91 Å². The van der Waals surface area contributed by atoms with Crippen molar-refractivity contribution in [2.75, 3.05) is 23.8 Å². The molecular formula is C21H29N5O3S. The lowest BCUT2D eigenvalue weighted by molar-refractivity contribution is 0.102. The molecule has 0 atom stereocenters. The third-order valence-corrected chi connectivity index (χ3v) is 6.81. The number of carbonyl (C=O) groups is 1. The molecule has 0 radical (unpaired) electrons. The molecule has 1 aromatic heterocycles. The van der Waals surface area contributed by atoms with Gasteiger partial charge in [-0.1, -0.05) is 26.2 Å². The van der Waals surface area contributed by atoms with Crippen LogP contribution in [-0.2, 0) is 10.0 Å². The predicted octanol–water partition coefficient (Wildman–Crippen LogP) is 3.19. The molecule has 30 heavy (non-hydrogen) atoms. The molecule has 1 saturated carbocycles. The van der Waals surface area contributed by atoms with E-state index in [1.165, 1.54) is 37.7 Å². The van der Waals surface area contributed by atoms with Crippen LogP contribution in [-0.4, -0.2) is 43.9 Å². The van der Waals surface area contributed by atoms with Crippen molar-refractivity contribution in [3.8, 4) is 0 Å². The molecule has 2 N–H and O–H groups in total. The molecule has 1 fully saturated rings. The number of carbonyl (C=O) groups excluding carboxylic acids is 1. The summed E-state index contributed by atoms with van der Waals surface area (Å²) in [5.74, 6) is 0.362. The number of nitrogens with one attached hydrogen (secondary N) is 2. The van der Waals surface area contributed by atoms with Gasteiger partial charge in [0.15, 0.2) is 0 Å². The minimum atomic E-state index is -3.53. The van der Waals surface area contributed by atoms with E-state index < -0.39 is 10.0 Å². The van der Waals surface area contributed by atoms with E-state index >= 15 is 0 Å². The Balaban J connectivity index is 1.67. The number of sulfonamides is 1. The molecule has 0 unspecified atom stereocenters. The van der Waals surface area contributed by atoms with E-state index in [-0.39, 0.29) is 16.5 Å². The maximum Gasteiger partial charge on any atom is 0.274 e. The van der Waals surface area contributed by atoms with E-state index in [0.717, 1.165) is 18.7 Å². The van der Waals surface area contributed by atoms with Crippen molar-refractivity contribution in [1.82, 2.24) is 14.7 Å². The Morgan fingerprint density at radius 1 is 1.13 bits per heavy atom. The average molecular weight is 432 g/mol. The molecule has 8 nitrogen and oxygen atoms in total. The number of rotatable bonds is 8. The molecule has 9 heteroatoms. The lowest BCUT2D eigenvalue weighted by atomic mass is 9.94. The fraction of sp³-hybridized carbons (Fsp3) is 0.476. The van der Waals surface area contributed by atoms with Crippen LogP contribution >= 0.6 is 0 Å². The smallest absolute Gasteiger partial charge is 0.274 e. The van der Waals surface area contributed by atoms with Crippen LogP contribution in [0.4, 0.5) is 11.5 Å². The first kappa shape index (κ1) is 22.2. The highest BCUT2D eigenvalue weighted by Gasteiger charge is 2.20. The summed E-state index contributed by atoms with van der Waals surface area (Å²) in [5, 5.41) is 2.76. The monoisotopic (exact) mass is 431 g/mol. The lowest BCUT2D eigenvalue weighted by Gasteiger charge is -2.32. The maximum atomic E-state index is 12.6. The number of hydrogen-bond acceptors (Lipinski definition) is 6. The summed E-state index contributed by atoms with van der Waals surface area (Å²) in [5.41, 5.74) is 0.763. The molecule has 1 aliphatic rings. The molecule has 162 valence electrons. The van der Waals surface area contributed by atoms with Gasteiger partial charge in [-0.2, -0.15) is 0 Å². The van der Waals surface area contributed by atoms with Crippen LogP contribution in [0, 0.1) is 0 Å². The van der Waals surface area contributed by atoms with Crippen molar-refractivity contribution < 1.29 is 13.2 Å². The van der Waals surface area contributed by atoms with Crippen LogP contribution in [0.5, 0.6) is 0 Å². The molecule has 1 amide bonds. The zero-order valence-corrected chi connectivity index (χ0v) is 18.3. The fourth-order valence-corrected chi connectivity index (χ4v) is 4.69. The SMILES string of the molecule is CCCNS(=O)(=O)c1ccc(NC(=O)c2cc(N(C)C3CCCCC3)ncn2)cc1. The summed E-state index contributed by atoms with van der Waals surface area (Å²) >= 11 is 0. The largest absolute Gasteiger partial charge is 0.357 e. The molecule has 0 spiro atoms. The summed E-state index contributed by atoms with van der Waals surface area (Å²) in [6.45, 7) is 2.28. The second-order valence-corrected chi connectivity index (χ2v) is 9.31. The zero-order chi connectivity index (χ0) is 21.6. The number of amides is 1. The van der Waals surface area contributed by atoms with E-state index in [9.17, 15) is 13.2 Å². The van der Waals surface area contributed by atoms with Gasteiger partial charge in [-0.05, 0) is 43.5 Å². The topological polar surface area (TPSA) is 104 Å². The molecule has 1 aliphatic carbocycles. The minimum absolute atomic E-state index is 0.160. The van der Waals surface area contributed by atoms with Crippen molar-refractivity contribution >= 4 is 27.4 Å². The van der Waals surface area contributed by atoms with E-state index in [1.807, 2.05) is 14.0 Å². The summed E-state index contributed by atoms with van der Waals surface area (Å²) in [6.07, 6.45) is 8.08. The Morgan fingerprint density at radius 3 is 2.50 bits per heavy atom. The second kappa shape index (κ2) is 9.99. The average Bonchev–Trinajstić information content (AvgIpc) is 2.78. The van der Waals surface area contributed by atoms with Crippen molar-refractivity contribution in [3.63, 3.8) is 0 Å². The highest BCUT2D eigenvalue weighted by Crippen LogP contribution is 2.25. The molecule has 3 rings (SSSR count). The molecule has 1 aromatic carbocycles. The Labute approximate surface area is 178 Å². The Bertz CT molecular complexity index is 957. The third-order valence-electron chi connectivity index (χ3n) is 5.33. The summed E-state index contributed by atoms with van der Waals surface area (Å²) in [4.78, 5) is 23.3. The standard InChI is InChI=1S/C21H29N5O3S/c1-3-13-24-30(28,29)18-11-9-16(10-12-18)25-21(27)19-14-20(23-15-22-19)26(2)17-7-5-4-6-8-17/h9-12,14-15,17,24H,3-8,13H2,1-2H3,(H,25,27). The van der Waals surface area contributed by atoms with E-state index in [1.54, 1.807) is 18.2 Å². The van der Waals surface area contributed by atoms with Crippen molar-refractivity contribution in [3.05, 3.63) is 42.4 Å². The van der Waals surface area contributed by atoms with Gasteiger partial charge in [-0.25, -0.2) is 23.1 Å². The molecule has 0 aliphatic heterocycles. The fourth-order valence-electron chi connectivity index (χ4n) is 3.55. The van der Waals surface area contributed by atoms with Crippen molar-refractivity contribution in [1.29, 1.82) is 0 Å². The third kappa shape index (κ3) is 5.54. The summed E-state index contributed by atoms with van der Waals surface area (Å²) in [7, 11) is -1.53. The van der Waals surface area contributed by atoms with Gasteiger partial charge in [0, 0.05) is 31.4 Å². The quantitative estimate of drug-likeness (QED) is 0.665. The van der Waals surface area contributed by atoms with Crippen LogP contribution in [0.1, 0.15) is 55.9 Å². The number of nitrogens with zero attached hydrogens (tertiary/aromatic N) is 3. The maximum absolute atomic E-state index is 12.6. The van der Waals surface area contributed by atoms with Gasteiger partial charge >= 0.3 is 0 Å². The van der Waals surface area contributed by atoms with Crippen LogP contribution in [0.15, 0.2) is 41.6 Å². The minimum Gasteiger partial charge on any atom is -0.357 e.